The summed E-state index contributed by atoms with van der Waals surface area (Å²) in [7, 11) is -3.02. The largest absolute Gasteiger partial charge is 0.347 e. The summed E-state index contributed by atoms with van der Waals surface area (Å²) in [5.41, 5.74) is 0.848. The highest BCUT2D eigenvalue weighted by atomic mass is 32.2. The van der Waals surface area contributed by atoms with Crippen LogP contribution < -0.4 is 5.32 Å². The summed E-state index contributed by atoms with van der Waals surface area (Å²) >= 11 is 5.29. The average Bonchev–Trinajstić information content (AvgIpc) is 3.45. The normalized spacial score (nSPS) is 20.6. The Morgan fingerprint density at radius 2 is 1.93 bits per heavy atom. The van der Waals surface area contributed by atoms with Gasteiger partial charge in [-0.3, -0.25) is 19.4 Å². The van der Waals surface area contributed by atoms with Gasteiger partial charge in [0.15, 0.2) is 20.4 Å². The van der Waals surface area contributed by atoms with Crippen molar-refractivity contribution in [3.63, 3.8) is 0 Å². The van der Waals surface area contributed by atoms with Gasteiger partial charge in [-0.05, 0) is 30.6 Å². The standard InChI is InChI=1S/C18H23N5O3S2/c24-17(19-12-15-20-21-18(27)23(15)14-6-7-14)16(13-4-2-1-3-5-13)22-8-10-28(25,26)11-9-22/h1-5,14,16H,6-12H2,(H,19,24)(H,21,27). The Kier molecular flexibility index (Phi) is 5.35. The van der Waals surface area contributed by atoms with E-state index in [0.29, 0.717) is 29.7 Å². The number of hydrogen-bond acceptors (Lipinski definition) is 6. The van der Waals surface area contributed by atoms with E-state index in [2.05, 4.69) is 15.5 Å². The Balaban J connectivity index is 1.51. The minimum absolute atomic E-state index is 0.0734. The topological polar surface area (TPSA) is 100 Å². The van der Waals surface area contributed by atoms with Crippen molar-refractivity contribution in [1.82, 2.24) is 25.0 Å². The molecular weight excluding hydrogens is 398 g/mol. The number of rotatable bonds is 6. The third kappa shape index (κ3) is 4.18. The Labute approximate surface area is 168 Å². The van der Waals surface area contributed by atoms with Crippen LogP contribution in [0.3, 0.4) is 0 Å². The molecule has 2 fully saturated rings. The number of amides is 1. The van der Waals surface area contributed by atoms with Crippen molar-refractivity contribution in [2.45, 2.75) is 31.5 Å². The first-order chi connectivity index (χ1) is 13.4. The Morgan fingerprint density at radius 1 is 1.25 bits per heavy atom. The zero-order chi connectivity index (χ0) is 19.7. The molecule has 0 radical (unpaired) electrons. The van der Waals surface area contributed by atoms with Crippen LogP contribution in [-0.4, -0.2) is 58.6 Å². The van der Waals surface area contributed by atoms with E-state index in [9.17, 15) is 13.2 Å². The van der Waals surface area contributed by atoms with Gasteiger partial charge in [-0.1, -0.05) is 30.3 Å². The Hall–Kier alpha value is -2.04. The van der Waals surface area contributed by atoms with Crippen molar-refractivity contribution < 1.29 is 13.2 Å². The van der Waals surface area contributed by atoms with Crippen LogP contribution >= 0.6 is 12.2 Å². The molecule has 0 bridgehead atoms. The Bertz CT molecular complexity index is 997. The van der Waals surface area contributed by atoms with Crippen LogP contribution in [0.5, 0.6) is 0 Å². The van der Waals surface area contributed by atoms with Gasteiger partial charge in [0.05, 0.1) is 18.1 Å². The zero-order valence-electron chi connectivity index (χ0n) is 15.4. The van der Waals surface area contributed by atoms with E-state index in [1.807, 2.05) is 39.8 Å². The molecule has 1 aliphatic heterocycles. The van der Waals surface area contributed by atoms with E-state index < -0.39 is 15.9 Å². The molecule has 1 unspecified atom stereocenters. The van der Waals surface area contributed by atoms with Crippen LogP contribution in [0.25, 0.3) is 0 Å². The SMILES string of the molecule is O=C(NCc1n[nH]c(=S)n1C1CC1)C(c1ccccc1)N1CCS(=O)(=O)CC1. The lowest BCUT2D eigenvalue weighted by Crippen LogP contribution is -2.47. The zero-order valence-corrected chi connectivity index (χ0v) is 17.0. The molecule has 10 heteroatoms. The number of hydrogen-bond donors (Lipinski definition) is 2. The number of aromatic amines is 1. The molecule has 8 nitrogen and oxygen atoms in total. The number of H-pyrrole nitrogens is 1. The fourth-order valence-corrected chi connectivity index (χ4v) is 5.11. The maximum Gasteiger partial charge on any atom is 0.242 e. The number of nitrogens with one attached hydrogen (secondary N) is 2. The number of aromatic nitrogens is 3. The number of nitrogens with zero attached hydrogens (tertiary/aromatic N) is 3. The van der Waals surface area contributed by atoms with E-state index in [1.165, 1.54) is 0 Å². The summed E-state index contributed by atoms with van der Waals surface area (Å²) < 4.78 is 26.1. The molecule has 1 aromatic carbocycles. The molecule has 28 heavy (non-hydrogen) atoms. The number of benzene rings is 1. The summed E-state index contributed by atoms with van der Waals surface area (Å²) in [5.74, 6) is 0.698. The van der Waals surface area contributed by atoms with Crippen LogP contribution in [0.1, 0.15) is 36.3 Å². The molecule has 150 valence electrons. The third-order valence-corrected chi connectivity index (χ3v) is 7.12. The van der Waals surface area contributed by atoms with Gasteiger partial charge in [-0.25, -0.2) is 8.42 Å². The summed E-state index contributed by atoms with van der Waals surface area (Å²) in [6.45, 7) is 0.962. The highest BCUT2D eigenvalue weighted by Crippen LogP contribution is 2.35. The van der Waals surface area contributed by atoms with Crippen molar-refractivity contribution in [2.75, 3.05) is 24.6 Å². The fourth-order valence-electron chi connectivity index (χ4n) is 3.58. The smallest absolute Gasteiger partial charge is 0.242 e. The molecule has 2 aliphatic rings. The van der Waals surface area contributed by atoms with Gasteiger partial charge in [0, 0.05) is 19.1 Å². The molecular formula is C18H23N5O3S2. The lowest BCUT2D eigenvalue weighted by atomic mass is 10.0. The summed E-state index contributed by atoms with van der Waals surface area (Å²) in [6, 6.07) is 9.29. The van der Waals surface area contributed by atoms with Crippen molar-refractivity contribution in [3.8, 4) is 0 Å². The minimum Gasteiger partial charge on any atom is -0.347 e. The van der Waals surface area contributed by atoms with Gasteiger partial charge in [0.1, 0.15) is 6.04 Å². The minimum atomic E-state index is -3.02. The maximum atomic E-state index is 13.1. The predicted octanol–water partition coefficient (Wildman–Crippen LogP) is 1.36. The molecule has 1 aliphatic carbocycles. The average molecular weight is 422 g/mol. The van der Waals surface area contributed by atoms with Crippen LogP contribution in [0.15, 0.2) is 30.3 Å². The number of carbonyl (C=O) groups excluding carboxylic acids is 1. The quantitative estimate of drug-likeness (QED) is 0.684. The van der Waals surface area contributed by atoms with Crippen molar-refractivity contribution in [1.29, 1.82) is 0 Å². The maximum absolute atomic E-state index is 13.1. The molecule has 1 saturated carbocycles. The van der Waals surface area contributed by atoms with Crippen LogP contribution in [0.2, 0.25) is 0 Å². The van der Waals surface area contributed by atoms with E-state index in [0.717, 1.165) is 18.4 Å². The van der Waals surface area contributed by atoms with Gasteiger partial charge < -0.3 is 5.32 Å². The molecule has 1 saturated heterocycles. The third-order valence-electron chi connectivity index (χ3n) is 5.22. The van der Waals surface area contributed by atoms with Crippen LogP contribution in [-0.2, 0) is 21.2 Å². The first-order valence-corrected chi connectivity index (χ1v) is 11.6. The van der Waals surface area contributed by atoms with Crippen molar-refractivity contribution in [2.24, 2.45) is 0 Å². The molecule has 2 heterocycles. The van der Waals surface area contributed by atoms with Crippen LogP contribution in [0.4, 0.5) is 0 Å². The monoisotopic (exact) mass is 421 g/mol. The first kappa shape index (κ1) is 19.3. The predicted molar refractivity (Wildman–Crippen MR) is 107 cm³/mol. The molecule has 0 spiro atoms. The highest BCUT2D eigenvalue weighted by Gasteiger charge is 2.33. The Morgan fingerprint density at radius 3 is 2.57 bits per heavy atom. The van der Waals surface area contributed by atoms with Crippen LogP contribution in [0, 0.1) is 4.77 Å². The van der Waals surface area contributed by atoms with E-state index in [4.69, 9.17) is 12.2 Å². The summed E-state index contributed by atoms with van der Waals surface area (Å²) in [4.78, 5) is 15.0. The van der Waals surface area contributed by atoms with Gasteiger partial charge in [-0.2, -0.15) is 5.10 Å². The summed E-state index contributed by atoms with van der Waals surface area (Å²) in [5, 5.41) is 10.0. The van der Waals surface area contributed by atoms with Gasteiger partial charge in [0.25, 0.3) is 0 Å². The van der Waals surface area contributed by atoms with Gasteiger partial charge in [0.2, 0.25) is 5.91 Å². The van der Waals surface area contributed by atoms with Gasteiger partial charge >= 0.3 is 0 Å². The van der Waals surface area contributed by atoms with E-state index >= 15 is 0 Å². The molecule has 2 aromatic rings. The second kappa shape index (κ2) is 7.76. The first-order valence-electron chi connectivity index (χ1n) is 9.37. The molecule has 1 aromatic heterocycles. The highest BCUT2D eigenvalue weighted by molar-refractivity contribution is 7.91. The van der Waals surface area contributed by atoms with Gasteiger partial charge in [-0.15, -0.1) is 0 Å². The lowest BCUT2D eigenvalue weighted by Gasteiger charge is -2.33. The number of sulfone groups is 1. The lowest BCUT2D eigenvalue weighted by molar-refractivity contribution is -0.126. The van der Waals surface area contributed by atoms with E-state index in [-0.39, 0.29) is 24.0 Å². The molecule has 2 N–H and O–H groups in total. The molecule has 4 rings (SSSR count). The second-order valence-electron chi connectivity index (χ2n) is 7.26. The molecule has 1 amide bonds. The number of carbonyl (C=O) groups is 1. The van der Waals surface area contributed by atoms with Crippen molar-refractivity contribution in [3.05, 3.63) is 46.5 Å². The van der Waals surface area contributed by atoms with Crippen molar-refractivity contribution >= 4 is 28.0 Å². The van der Waals surface area contributed by atoms with E-state index in [1.54, 1.807) is 0 Å². The molecule has 1 atom stereocenters. The summed E-state index contributed by atoms with van der Waals surface area (Å²) in [6.07, 6.45) is 2.15. The second-order valence-corrected chi connectivity index (χ2v) is 9.96. The fraction of sp³-hybridized carbons (Fsp3) is 0.500.